The van der Waals surface area contributed by atoms with Crippen LogP contribution in [0.1, 0.15) is 47.1 Å². The summed E-state index contributed by atoms with van der Waals surface area (Å²) in [5, 5.41) is 3.50. The van der Waals surface area contributed by atoms with Crippen molar-refractivity contribution in [2.75, 3.05) is 18.4 Å². The van der Waals surface area contributed by atoms with Crippen LogP contribution < -0.4 is 5.32 Å². The molecule has 0 spiro atoms. The van der Waals surface area contributed by atoms with Gasteiger partial charge in [0.05, 0.1) is 11.3 Å². The first-order chi connectivity index (χ1) is 12.2. The van der Waals surface area contributed by atoms with Gasteiger partial charge in [0.25, 0.3) is 5.91 Å². The molecule has 1 amide bonds. The van der Waals surface area contributed by atoms with Crippen molar-refractivity contribution >= 4 is 11.7 Å². The number of rotatable bonds is 4. The molecule has 1 aliphatic carbocycles. The lowest BCUT2D eigenvalue weighted by Crippen LogP contribution is -2.33. The van der Waals surface area contributed by atoms with E-state index in [0.717, 1.165) is 36.5 Å². The van der Waals surface area contributed by atoms with Gasteiger partial charge in [-0.2, -0.15) is 0 Å². The van der Waals surface area contributed by atoms with E-state index >= 15 is 0 Å². The van der Waals surface area contributed by atoms with Gasteiger partial charge in [-0.3, -0.25) is 9.78 Å². The predicted octanol–water partition coefficient (Wildman–Crippen LogP) is 2.25. The van der Waals surface area contributed by atoms with E-state index < -0.39 is 0 Å². The van der Waals surface area contributed by atoms with E-state index in [2.05, 4.69) is 27.2 Å². The van der Waals surface area contributed by atoms with Crippen LogP contribution >= 0.6 is 0 Å². The Morgan fingerprint density at radius 1 is 1.20 bits per heavy atom. The number of aromatic nitrogens is 3. The zero-order chi connectivity index (χ0) is 17.2. The minimum atomic E-state index is 0.0487. The number of amides is 1. The fraction of sp³-hybridized carbons (Fsp3) is 0.474. The summed E-state index contributed by atoms with van der Waals surface area (Å²) >= 11 is 0. The van der Waals surface area contributed by atoms with Gasteiger partial charge in [-0.25, -0.2) is 9.97 Å². The Bertz CT molecular complexity index is 770. The van der Waals surface area contributed by atoms with Crippen molar-refractivity contribution in [2.24, 2.45) is 0 Å². The first-order valence-electron chi connectivity index (χ1n) is 9.08. The molecule has 6 heteroatoms. The molecule has 3 heterocycles. The molecule has 2 aromatic rings. The molecule has 0 aromatic carbocycles. The summed E-state index contributed by atoms with van der Waals surface area (Å²) in [4.78, 5) is 27.9. The molecule has 130 valence electrons. The summed E-state index contributed by atoms with van der Waals surface area (Å²) in [5.41, 5.74) is 3.90. The normalized spacial score (nSPS) is 16.9. The molecule has 0 radical (unpaired) electrons. The molecule has 2 aliphatic rings. The standard InChI is InChI=1S/C19H23N5O/c1-2-14-4-3-13(11-20-14)19(25)24-9-7-16-17(8-10-24)21-12-22-18(16)23-15-5-6-15/h3-4,11-12,15H,2,5-10H2,1H3,(H,21,22,23). The van der Waals surface area contributed by atoms with E-state index in [1.165, 1.54) is 18.4 Å². The average molecular weight is 337 g/mol. The van der Waals surface area contributed by atoms with Crippen molar-refractivity contribution in [3.63, 3.8) is 0 Å². The molecule has 6 nitrogen and oxygen atoms in total. The van der Waals surface area contributed by atoms with Gasteiger partial charge in [-0.15, -0.1) is 0 Å². The Labute approximate surface area is 147 Å². The molecule has 1 N–H and O–H groups in total. The Hall–Kier alpha value is -2.50. The van der Waals surface area contributed by atoms with Gasteiger partial charge in [-0.05, 0) is 37.8 Å². The van der Waals surface area contributed by atoms with E-state index in [-0.39, 0.29) is 5.91 Å². The summed E-state index contributed by atoms with van der Waals surface area (Å²) in [6.07, 6.45) is 8.19. The smallest absolute Gasteiger partial charge is 0.255 e. The lowest BCUT2D eigenvalue weighted by molar-refractivity contribution is 0.0762. The molecular weight excluding hydrogens is 314 g/mol. The largest absolute Gasteiger partial charge is 0.367 e. The van der Waals surface area contributed by atoms with Crippen LogP contribution in [0.5, 0.6) is 0 Å². The number of hydrogen-bond donors (Lipinski definition) is 1. The third kappa shape index (κ3) is 3.48. The molecule has 0 bridgehead atoms. The number of carbonyl (C=O) groups is 1. The maximum atomic E-state index is 12.8. The van der Waals surface area contributed by atoms with E-state index in [9.17, 15) is 4.79 Å². The maximum Gasteiger partial charge on any atom is 0.255 e. The monoisotopic (exact) mass is 337 g/mol. The van der Waals surface area contributed by atoms with Crippen molar-refractivity contribution in [3.8, 4) is 0 Å². The van der Waals surface area contributed by atoms with Gasteiger partial charge in [0.1, 0.15) is 12.1 Å². The van der Waals surface area contributed by atoms with Crippen LogP contribution in [0.25, 0.3) is 0 Å². The minimum Gasteiger partial charge on any atom is -0.367 e. The van der Waals surface area contributed by atoms with Gasteiger partial charge >= 0.3 is 0 Å². The molecule has 1 aliphatic heterocycles. The molecule has 4 rings (SSSR count). The van der Waals surface area contributed by atoms with Crippen LogP contribution in [-0.4, -0.2) is 44.9 Å². The minimum absolute atomic E-state index is 0.0487. The van der Waals surface area contributed by atoms with Crippen molar-refractivity contribution in [3.05, 3.63) is 47.2 Å². The number of nitrogens with zero attached hydrogens (tertiary/aromatic N) is 4. The molecule has 1 saturated carbocycles. The van der Waals surface area contributed by atoms with Crippen LogP contribution in [0.15, 0.2) is 24.7 Å². The molecule has 0 atom stereocenters. The highest BCUT2D eigenvalue weighted by molar-refractivity contribution is 5.94. The van der Waals surface area contributed by atoms with Gasteiger partial charge in [0.15, 0.2) is 0 Å². The quantitative estimate of drug-likeness (QED) is 0.926. The van der Waals surface area contributed by atoms with Crippen molar-refractivity contribution in [2.45, 2.75) is 45.1 Å². The fourth-order valence-corrected chi connectivity index (χ4v) is 3.22. The van der Waals surface area contributed by atoms with Crippen molar-refractivity contribution < 1.29 is 4.79 Å². The van der Waals surface area contributed by atoms with Gasteiger partial charge in [-0.1, -0.05) is 6.92 Å². The lowest BCUT2D eigenvalue weighted by atomic mass is 10.1. The fourth-order valence-electron chi connectivity index (χ4n) is 3.22. The zero-order valence-corrected chi connectivity index (χ0v) is 14.5. The molecule has 2 aromatic heterocycles. The van der Waals surface area contributed by atoms with E-state index in [0.29, 0.717) is 24.7 Å². The van der Waals surface area contributed by atoms with Crippen molar-refractivity contribution in [1.82, 2.24) is 19.9 Å². The van der Waals surface area contributed by atoms with Crippen LogP contribution in [0.3, 0.4) is 0 Å². The molecule has 1 fully saturated rings. The van der Waals surface area contributed by atoms with Gasteiger partial charge in [0.2, 0.25) is 0 Å². The van der Waals surface area contributed by atoms with Crippen LogP contribution in [-0.2, 0) is 19.3 Å². The second-order valence-corrected chi connectivity index (χ2v) is 6.75. The number of nitrogens with one attached hydrogen (secondary N) is 1. The van der Waals surface area contributed by atoms with Gasteiger partial charge in [0, 0.05) is 43.0 Å². The summed E-state index contributed by atoms with van der Waals surface area (Å²) in [5.74, 6) is 1.00. The molecule has 0 saturated heterocycles. The van der Waals surface area contributed by atoms with Crippen LogP contribution in [0, 0.1) is 0 Å². The highest BCUT2D eigenvalue weighted by atomic mass is 16.2. The number of carbonyl (C=O) groups excluding carboxylic acids is 1. The van der Waals surface area contributed by atoms with Crippen molar-refractivity contribution in [1.29, 1.82) is 0 Å². The second-order valence-electron chi connectivity index (χ2n) is 6.75. The van der Waals surface area contributed by atoms with Crippen LogP contribution in [0.2, 0.25) is 0 Å². The lowest BCUT2D eigenvalue weighted by Gasteiger charge is -2.20. The van der Waals surface area contributed by atoms with Crippen LogP contribution in [0.4, 0.5) is 5.82 Å². The number of aryl methyl sites for hydroxylation is 1. The maximum absolute atomic E-state index is 12.8. The second kappa shape index (κ2) is 6.78. The first-order valence-corrected chi connectivity index (χ1v) is 9.08. The Morgan fingerprint density at radius 3 is 2.76 bits per heavy atom. The predicted molar refractivity (Wildman–Crippen MR) is 95.6 cm³/mol. The number of anilines is 1. The zero-order valence-electron chi connectivity index (χ0n) is 14.5. The Morgan fingerprint density at radius 2 is 2.04 bits per heavy atom. The Balaban J connectivity index is 1.49. The molecule has 25 heavy (non-hydrogen) atoms. The summed E-state index contributed by atoms with van der Waals surface area (Å²) in [6.45, 7) is 3.43. The van der Waals surface area contributed by atoms with E-state index in [1.807, 2.05) is 17.0 Å². The number of pyridine rings is 1. The topological polar surface area (TPSA) is 71.0 Å². The summed E-state index contributed by atoms with van der Waals surface area (Å²) < 4.78 is 0. The number of fused-ring (bicyclic) bond motifs is 1. The summed E-state index contributed by atoms with van der Waals surface area (Å²) in [6, 6.07) is 4.37. The first kappa shape index (κ1) is 16.0. The SMILES string of the molecule is CCc1ccc(C(=O)N2CCc3ncnc(NC4CC4)c3CC2)cn1. The van der Waals surface area contributed by atoms with E-state index in [1.54, 1.807) is 12.5 Å². The van der Waals surface area contributed by atoms with Gasteiger partial charge < -0.3 is 10.2 Å². The van der Waals surface area contributed by atoms with E-state index in [4.69, 9.17) is 0 Å². The highest BCUT2D eigenvalue weighted by Gasteiger charge is 2.26. The molecule has 0 unspecified atom stereocenters. The number of hydrogen-bond acceptors (Lipinski definition) is 5. The third-order valence-corrected chi connectivity index (χ3v) is 4.92. The molecular formula is C19H23N5O. The third-order valence-electron chi connectivity index (χ3n) is 4.92. The Kier molecular flexibility index (Phi) is 4.34. The highest BCUT2D eigenvalue weighted by Crippen LogP contribution is 2.27. The summed E-state index contributed by atoms with van der Waals surface area (Å²) in [7, 11) is 0. The average Bonchev–Trinajstić information content (AvgIpc) is 3.48.